The van der Waals surface area contributed by atoms with Gasteiger partial charge in [0.2, 0.25) is 0 Å². The Bertz CT molecular complexity index is 875. The first-order chi connectivity index (χ1) is 13.9. The molecule has 2 aromatic carbocycles. The van der Waals surface area contributed by atoms with Crippen LogP contribution in [0.2, 0.25) is 0 Å². The molecule has 0 radical (unpaired) electrons. The smallest absolute Gasteiger partial charge is 0.251 e. The van der Waals surface area contributed by atoms with Crippen LogP contribution in [-0.2, 0) is 6.54 Å². The highest BCUT2D eigenvalue weighted by molar-refractivity contribution is 5.93. The van der Waals surface area contributed by atoms with Crippen LogP contribution >= 0.6 is 0 Å². The van der Waals surface area contributed by atoms with E-state index in [2.05, 4.69) is 42.8 Å². The molecule has 0 saturated carbocycles. The number of ether oxygens (including phenoxy) is 1. The fraction of sp³-hybridized carbons (Fsp3) is 0.391. The van der Waals surface area contributed by atoms with E-state index >= 15 is 0 Å². The molecule has 0 aliphatic carbocycles. The van der Waals surface area contributed by atoms with Gasteiger partial charge in [0.05, 0.1) is 12.6 Å². The van der Waals surface area contributed by atoms with Gasteiger partial charge in [-0.25, -0.2) is 4.99 Å². The Balaban J connectivity index is 1.75. The molecular formula is C23H30N4O2. The number of nitrogens with zero attached hydrogens (tertiary/aromatic N) is 1. The summed E-state index contributed by atoms with van der Waals surface area (Å²) in [6.45, 7) is 7.57. The Hall–Kier alpha value is -3.02. The number of fused-ring (bicyclic) bond motifs is 1. The molecule has 6 nitrogen and oxygen atoms in total. The first kappa shape index (κ1) is 20.7. The summed E-state index contributed by atoms with van der Waals surface area (Å²) in [6.07, 6.45) is 0.843. The molecule has 1 unspecified atom stereocenters. The van der Waals surface area contributed by atoms with Gasteiger partial charge in [0.15, 0.2) is 5.96 Å². The highest BCUT2D eigenvalue weighted by atomic mass is 16.5. The van der Waals surface area contributed by atoms with E-state index in [1.165, 1.54) is 0 Å². The molecule has 1 amide bonds. The van der Waals surface area contributed by atoms with Gasteiger partial charge in [-0.15, -0.1) is 0 Å². The van der Waals surface area contributed by atoms with Crippen molar-refractivity contribution in [3.05, 3.63) is 65.2 Å². The number of guanidine groups is 1. The Morgan fingerprint density at radius 2 is 1.90 bits per heavy atom. The van der Waals surface area contributed by atoms with Crippen LogP contribution in [-0.4, -0.2) is 31.1 Å². The van der Waals surface area contributed by atoms with Crippen molar-refractivity contribution in [1.29, 1.82) is 0 Å². The largest absolute Gasteiger partial charge is 0.487 e. The van der Waals surface area contributed by atoms with Crippen molar-refractivity contribution in [3.8, 4) is 5.75 Å². The Morgan fingerprint density at radius 3 is 2.59 bits per heavy atom. The zero-order chi connectivity index (χ0) is 20.9. The summed E-state index contributed by atoms with van der Waals surface area (Å²) in [5.74, 6) is 1.60. The van der Waals surface area contributed by atoms with Crippen LogP contribution in [0, 0.1) is 0 Å². The van der Waals surface area contributed by atoms with Crippen molar-refractivity contribution in [2.24, 2.45) is 4.99 Å². The molecule has 154 valence electrons. The van der Waals surface area contributed by atoms with Gasteiger partial charge in [-0.3, -0.25) is 4.79 Å². The lowest BCUT2D eigenvalue weighted by molar-refractivity contribution is 0.0694. The Morgan fingerprint density at radius 1 is 1.17 bits per heavy atom. The minimum atomic E-state index is -0.251. The molecule has 0 spiro atoms. The number of rotatable bonds is 5. The fourth-order valence-electron chi connectivity index (χ4n) is 3.49. The normalized spacial score (nSPS) is 17.7. The van der Waals surface area contributed by atoms with E-state index in [1.807, 2.05) is 42.5 Å². The number of hydrogen-bond acceptors (Lipinski definition) is 3. The molecule has 1 aliphatic rings. The average molecular weight is 395 g/mol. The number of para-hydroxylation sites is 1. The lowest BCUT2D eigenvalue weighted by Crippen LogP contribution is -2.45. The molecule has 29 heavy (non-hydrogen) atoms. The molecule has 0 bridgehead atoms. The fourth-order valence-corrected chi connectivity index (χ4v) is 3.49. The van der Waals surface area contributed by atoms with E-state index in [4.69, 9.17) is 9.73 Å². The molecule has 3 N–H and O–H groups in total. The van der Waals surface area contributed by atoms with Crippen molar-refractivity contribution in [2.75, 3.05) is 13.6 Å². The predicted octanol–water partition coefficient (Wildman–Crippen LogP) is 3.40. The van der Waals surface area contributed by atoms with Crippen molar-refractivity contribution < 1.29 is 9.53 Å². The standard InChI is InChI=1S/C23H30N4O2/c1-5-25-22(26-15-16-10-12-17(13-11-16)21(28)24-4)27-19-14-23(2,3)29-20-9-7-6-8-18(19)20/h6-13,19H,5,14-15H2,1-4H3,(H,24,28)(H2,25,26,27). The van der Waals surface area contributed by atoms with Crippen LogP contribution in [0.15, 0.2) is 53.5 Å². The number of benzene rings is 2. The molecule has 2 aromatic rings. The van der Waals surface area contributed by atoms with Crippen LogP contribution < -0.4 is 20.7 Å². The average Bonchev–Trinajstić information content (AvgIpc) is 2.71. The lowest BCUT2D eigenvalue weighted by Gasteiger charge is -2.38. The Labute approximate surface area is 172 Å². The van der Waals surface area contributed by atoms with Crippen LogP contribution in [0.3, 0.4) is 0 Å². The molecule has 3 rings (SSSR count). The lowest BCUT2D eigenvalue weighted by atomic mass is 9.90. The van der Waals surface area contributed by atoms with Gasteiger partial charge in [0.25, 0.3) is 5.91 Å². The van der Waals surface area contributed by atoms with Crippen molar-refractivity contribution >= 4 is 11.9 Å². The molecular weight excluding hydrogens is 364 g/mol. The topological polar surface area (TPSA) is 74.8 Å². The van der Waals surface area contributed by atoms with Gasteiger partial charge in [-0.2, -0.15) is 0 Å². The highest BCUT2D eigenvalue weighted by Gasteiger charge is 2.33. The van der Waals surface area contributed by atoms with Gasteiger partial charge in [-0.1, -0.05) is 30.3 Å². The van der Waals surface area contributed by atoms with Crippen molar-refractivity contribution in [3.63, 3.8) is 0 Å². The number of amides is 1. The zero-order valence-corrected chi connectivity index (χ0v) is 17.6. The van der Waals surface area contributed by atoms with Crippen molar-refractivity contribution in [1.82, 2.24) is 16.0 Å². The van der Waals surface area contributed by atoms with Crippen LogP contribution in [0.25, 0.3) is 0 Å². The first-order valence-electron chi connectivity index (χ1n) is 10.1. The number of carbonyl (C=O) groups excluding carboxylic acids is 1. The van der Waals surface area contributed by atoms with E-state index in [0.717, 1.165) is 35.8 Å². The summed E-state index contributed by atoms with van der Waals surface area (Å²) in [4.78, 5) is 16.4. The molecule has 0 saturated heterocycles. The second kappa shape index (κ2) is 8.99. The molecule has 1 atom stereocenters. The quantitative estimate of drug-likeness (QED) is 0.537. The minimum absolute atomic E-state index is 0.0872. The predicted molar refractivity (Wildman–Crippen MR) is 116 cm³/mol. The van der Waals surface area contributed by atoms with E-state index in [1.54, 1.807) is 7.05 Å². The SMILES string of the molecule is CCNC(=NCc1ccc(C(=O)NC)cc1)NC1CC(C)(C)Oc2ccccc21. The van der Waals surface area contributed by atoms with E-state index < -0.39 is 0 Å². The molecule has 6 heteroatoms. The number of aliphatic imine (C=N–C) groups is 1. The van der Waals surface area contributed by atoms with Crippen LogP contribution in [0.5, 0.6) is 5.75 Å². The maximum absolute atomic E-state index is 11.7. The maximum Gasteiger partial charge on any atom is 0.251 e. The number of hydrogen-bond donors (Lipinski definition) is 3. The highest BCUT2D eigenvalue weighted by Crippen LogP contribution is 2.39. The van der Waals surface area contributed by atoms with Crippen LogP contribution in [0.4, 0.5) is 0 Å². The summed E-state index contributed by atoms with van der Waals surface area (Å²) in [5.41, 5.74) is 2.58. The number of nitrogens with one attached hydrogen (secondary N) is 3. The molecule has 1 heterocycles. The van der Waals surface area contributed by atoms with Gasteiger partial charge in [0, 0.05) is 31.1 Å². The summed E-state index contributed by atoms with van der Waals surface area (Å²) < 4.78 is 6.13. The summed E-state index contributed by atoms with van der Waals surface area (Å²) in [5, 5.41) is 9.53. The molecule has 1 aliphatic heterocycles. The zero-order valence-electron chi connectivity index (χ0n) is 17.6. The third-order valence-electron chi connectivity index (χ3n) is 4.89. The second-order valence-corrected chi connectivity index (χ2v) is 7.77. The van der Waals surface area contributed by atoms with Gasteiger partial charge >= 0.3 is 0 Å². The second-order valence-electron chi connectivity index (χ2n) is 7.77. The molecule has 0 fully saturated rings. The van der Waals surface area contributed by atoms with Crippen molar-refractivity contribution in [2.45, 2.75) is 45.4 Å². The molecule has 0 aromatic heterocycles. The summed E-state index contributed by atoms with van der Waals surface area (Å²) >= 11 is 0. The minimum Gasteiger partial charge on any atom is -0.487 e. The number of carbonyl (C=O) groups is 1. The maximum atomic E-state index is 11.7. The summed E-state index contributed by atoms with van der Waals surface area (Å²) in [7, 11) is 1.63. The monoisotopic (exact) mass is 394 g/mol. The summed E-state index contributed by atoms with van der Waals surface area (Å²) in [6, 6.07) is 15.8. The third kappa shape index (κ3) is 5.28. The third-order valence-corrected chi connectivity index (χ3v) is 4.89. The van der Waals surface area contributed by atoms with Gasteiger partial charge < -0.3 is 20.7 Å². The Kier molecular flexibility index (Phi) is 6.42. The van der Waals surface area contributed by atoms with Gasteiger partial charge in [0.1, 0.15) is 11.4 Å². The van der Waals surface area contributed by atoms with Crippen LogP contribution in [0.1, 0.15) is 54.7 Å². The van der Waals surface area contributed by atoms with E-state index in [0.29, 0.717) is 12.1 Å². The van der Waals surface area contributed by atoms with Gasteiger partial charge in [-0.05, 0) is 44.5 Å². The van der Waals surface area contributed by atoms with E-state index in [9.17, 15) is 4.79 Å². The van der Waals surface area contributed by atoms with E-state index in [-0.39, 0.29) is 17.6 Å². The first-order valence-corrected chi connectivity index (χ1v) is 10.1.